The molecule has 4 N–H and O–H groups in total. The molecular weight excluding hydrogens is 374 g/mol. The molecule has 0 bridgehead atoms. The molecule has 0 aliphatic heterocycles. The Bertz CT molecular complexity index is 1180. The lowest BCUT2D eigenvalue weighted by molar-refractivity contribution is 0.365. The number of hydrogen-bond acceptors (Lipinski definition) is 9. The number of aryl methyl sites for hydroxylation is 2. The maximum absolute atomic E-state index is 10.5. The topological polar surface area (TPSA) is 137 Å². The number of pyridine rings is 1. The molecule has 0 aromatic carbocycles. The van der Waals surface area contributed by atoms with Crippen molar-refractivity contribution in [3.05, 3.63) is 47.2 Å². The number of hydrogen-bond donors (Lipinski definition) is 3. The van der Waals surface area contributed by atoms with Crippen LogP contribution >= 0.6 is 0 Å². The van der Waals surface area contributed by atoms with Crippen LogP contribution in [0.15, 0.2) is 29.0 Å². The van der Waals surface area contributed by atoms with Gasteiger partial charge in [0, 0.05) is 24.0 Å². The van der Waals surface area contributed by atoms with Crippen LogP contribution < -0.4 is 15.8 Å². The highest BCUT2D eigenvalue weighted by Gasteiger charge is 2.17. The quantitative estimate of drug-likeness (QED) is 0.449. The van der Waals surface area contributed by atoms with Gasteiger partial charge < -0.3 is 30.0 Å². The minimum absolute atomic E-state index is 0.0123. The van der Waals surface area contributed by atoms with Crippen LogP contribution in [0.3, 0.4) is 0 Å². The molecule has 10 heteroatoms. The van der Waals surface area contributed by atoms with E-state index in [1.54, 1.807) is 6.20 Å². The van der Waals surface area contributed by atoms with Crippen molar-refractivity contribution < 1.29 is 14.4 Å². The van der Waals surface area contributed by atoms with Crippen molar-refractivity contribution in [3.8, 4) is 11.5 Å². The van der Waals surface area contributed by atoms with Crippen molar-refractivity contribution in [1.29, 1.82) is 0 Å². The Kier molecular flexibility index (Phi) is 4.67. The first-order valence-corrected chi connectivity index (χ1v) is 8.96. The minimum atomic E-state index is 0.0123. The normalized spacial score (nSPS) is 11.1. The van der Waals surface area contributed by atoms with E-state index < -0.39 is 0 Å². The fourth-order valence-electron chi connectivity index (χ4n) is 3.20. The summed E-state index contributed by atoms with van der Waals surface area (Å²) in [5, 5.41) is 17.7. The van der Waals surface area contributed by atoms with Gasteiger partial charge in [0.2, 0.25) is 5.95 Å². The Morgan fingerprint density at radius 1 is 1.31 bits per heavy atom. The van der Waals surface area contributed by atoms with Crippen LogP contribution in [-0.2, 0) is 13.1 Å². The summed E-state index contributed by atoms with van der Waals surface area (Å²) in [5.74, 6) is 1.86. The average molecular weight is 395 g/mol. The number of rotatable bonds is 6. The van der Waals surface area contributed by atoms with Gasteiger partial charge in [0.1, 0.15) is 22.7 Å². The van der Waals surface area contributed by atoms with E-state index in [4.69, 9.17) is 15.0 Å². The van der Waals surface area contributed by atoms with Gasteiger partial charge in [-0.1, -0.05) is 5.16 Å². The van der Waals surface area contributed by atoms with Crippen LogP contribution in [0.1, 0.15) is 22.7 Å². The molecule has 0 saturated carbocycles. The van der Waals surface area contributed by atoms with Gasteiger partial charge in [0.25, 0.3) is 0 Å². The van der Waals surface area contributed by atoms with Gasteiger partial charge in [0.05, 0.1) is 25.7 Å². The van der Waals surface area contributed by atoms with Crippen molar-refractivity contribution in [2.45, 2.75) is 26.9 Å². The number of nitrogen functional groups attached to an aromatic ring is 1. The van der Waals surface area contributed by atoms with E-state index in [2.05, 4.69) is 25.4 Å². The molecule has 0 aliphatic carbocycles. The first kappa shape index (κ1) is 18.5. The molecule has 0 saturated heterocycles. The number of fused-ring (bicyclic) bond motifs is 1. The summed E-state index contributed by atoms with van der Waals surface area (Å²) in [5.41, 5.74) is 9.25. The first-order valence-electron chi connectivity index (χ1n) is 8.96. The predicted molar refractivity (Wildman–Crippen MR) is 107 cm³/mol. The Hall–Kier alpha value is -3.82. The number of anilines is 2. The molecule has 0 fully saturated rings. The molecular formula is C19H21N7O3. The fraction of sp³-hybridized carbons (Fsp3) is 0.263. The largest absolute Gasteiger partial charge is 0.503 e. The minimum Gasteiger partial charge on any atom is -0.503 e. The molecule has 0 amide bonds. The number of nitrogens with one attached hydrogen (secondary N) is 1. The molecule has 29 heavy (non-hydrogen) atoms. The fourth-order valence-corrected chi connectivity index (χ4v) is 3.20. The van der Waals surface area contributed by atoms with Crippen molar-refractivity contribution in [1.82, 2.24) is 24.7 Å². The van der Waals surface area contributed by atoms with Crippen LogP contribution in [-0.4, -0.2) is 36.9 Å². The van der Waals surface area contributed by atoms with Crippen molar-refractivity contribution in [2.75, 3.05) is 18.2 Å². The summed E-state index contributed by atoms with van der Waals surface area (Å²) in [6.45, 7) is 4.37. The second kappa shape index (κ2) is 7.30. The van der Waals surface area contributed by atoms with E-state index in [1.807, 2.05) is 36.7 Å². The number of nitrogens with zero attached hydrogens (tertiary/aromatic N) is 5. The standard InChI is InChI=1S/C19H21N7O3/c1-10-7-21-14(16(27)17(10)28-3)9-26-5-4-13-15(26)18(24-19(20)23-13)22-8-12-6-11(2)29-25-12/h4-7,27H,8-9H2,1-3H3,(H3,20,22,23,24). The van der Waals surface area contributed by atoms with Crippen LogP contribution in [0.2, 0.25) is 0 Å². The number of methoxy groups -OCH3 is 1. The lowest BCUT2D eigenvalue weighted by atomic mass is 10.2. The SMILES string of the molecule is COc1c(C)cnc(Cn2ccc3nc(N)nc(NCc4cc(C)on4)c32)c1O. The van der Waals surface area contributed by atoms with Gasteiger partial charge in [-0.2, -0.15) is 4.98 Å². The van der Waals surface area contributed by atoms with E-state index in [1.165, 1.54) is 7.11 Å². The summed E-state index contributed by atoms with van der Waals surface area (Å²) in [6.07, 6.45) is 3.51. The predicted octanol–water partition coefficient (Wildman–Crippen LogP) is 2.39. The van der Waals surface area contributed by atoms with Gasteiger partial charge in [-0.05, 0) is 19.9 Å². The highest BCUT2D eigenvalue weighted by molar-refractivity contribution is 5.87. The summed E-state index contributed by atoms with van der Waals surface area (Å²) >= 11 is 0. The molecule has 4 heterocycles. The number of aromatic nitrogens is 5. The zero-order chi connectivity index (χ0) is 20.5. The van der Waals surface area contributed by atoms with E-state index in [-0.39, 0.29) is 11.7 Å². The second-order valence-corrected chi connectivity index (χ2v) is 6.66. The van der Waals surface area contributed by atoms with E-state index in [0.717, 1.165) is 22.5 Å². The van der Waals surface area contributed by atoms with E-state index >= 15 is 0 Å². The molecule has 0 radical (unpaired) electrons. The lowest BCUT2D eigenvalue weighted by Crippen LogP contribution is -2.09. The van der Waals surface area contributed by atoms with Gasteiger partial charge in [0.15, 0.2) is 17.3 Å². The molecule has 0 unspecified atom stereocenters. The molecule has 150 valence electrons. The number of nitrogens with two attached hydrogens (primary N) is 1. The van der Waals surface area contributed by atoms with Gasteiger partial charge in [-0.15, -0.1) is 0 Å². The number of aromatic hydroxyl groups is 1. The molecule has 4 aromatic heterocycles. The Balaban J connectivity index is 1.70. The lowest BCUT2D eigenvalue weighted by Gasteiger charge is -2.13. The average Bonchev–Trinajstić information content (AvgIpc) is 3.28. The van der Waals surface area contributed by atoms with Gasteiger partial charge in [-0.3, -0.25) is 4.98 Å². The molecule has 4 rings (SSSR count). The third kappa shape index (κ3) is 3.51. The maximum atomic E-state index is 10.5. The van der Waals surface area contributed by atoms with Crippen LogP contribution in [0.4, 0.5) is 11.8 Å². The highest BCUT2D eigenvalue weighted by Crippen LogP contribution is 2.33. The van der Waals surface area contributed by atoms with Gasteiger partial charge >= 0.3 is 0 Å². The van der Waals surface area contributed by atoms with Crippen LogP contribution in [0, 0.1) is 13.8 Å². The van der Waals surface area contributed by atoms with Gasteiger partial charge in [-0.25, -0.2) is 4.98 Å². The van der Waals surface area contributed by atoms with Crippen molar-refractivity contribution >= 4 is 22.8 Å². The Morgan fingerprint density at radius 3 is 2.86 bits per heavy atom. The molecule has 10 nitrogen and oxygen atoms in total. The molecule has 0 spiro atoms. The highest BCUT2D eigenvalue weighted by atomic mass is 16.5. The molecule has 0 aliphatic rings. The third-order valence-electron chi connectivity index (χ3n) is 4.53. The zero-order valence-corrected chi connectivity index (χ0v) is 16.3. The van der Waals surface area contributed by atoms with E-state index in [9.17, 15) is 5.11 Å². The molecule has 0 atom stereocenters. The monoisotopic (exact) mass is 395 g/mol. The van der Waals surface area contributed by atoms with Crippen molar-refractivity contribution in [2.24, 2.45) is 0 Å². The number of ether oxygens (including phenoxy) is 1. The first-order chi connectivity index (χ1) is 14.0. The third-order valence-corrected chi connectivity index (χ3v) is 4.53. The van der Waals surface area contributed by atoms with Crippen LogP contribution in [0.25, 0.3) is 11.0 Å². The summed E-state index contributed by atoms with van der Waals surface area (Å²) in [7, 11) is 1.52. The zero-order valence-electron chi connectivity index (χ0n) is 16.3. The van der Waals surface area contributed by atoms with Crippen molar-refractivity contribution in [3.63, 3.8) is 0 Å². The smallest absolute Gasteiger partial charge is 0.222 e. The summed E-state index contributed by atoms with van der Waals surface area (Å²) in [4.78, 5) is 13.0. The summed E-state index contributed by atoms with van der Waals surface area (Å²) < 4.78 is 12.3. The molecule has 4 aromatic rings. The van der Waals surface area contributed by atoms with E-state index in [0.29, 0.717) is 35.9 Å². The maximum Gasteiger partial charge on any atom is 0.222 e. The summed E-state index contributed by atoms with van der Waals surface area (Å²) in [6, 6.07) is 3.68. The Labute approximate surface area is 166 Å². The second-order valence-electron chi connectivity index (χ2n) is 6.66. The Morgan fingerprint density at radius 2 is 2.14 bits per heavy atom. The van der Waals surface area contributed by atoms with Crippen LogP contribution in [0.5, 0.6) is 11.5 Å².